The monoisotopic (exact) mass is 384 g/mol. The minimum Gasteiger partial charge on any atom is -0.467 e. The van der Waals surface area contributed by atoms with Gasteiger partial charge in [-0.05, 0) is 49.7 Å². The molecule has 3 aliphatic rings. The second-order valence-corrected chi connectivity index (χ2v) is 7.58. The second kappa shape index (κ2) is 8.11. The lowest BCUT2D eigenvalue weighted by molar-refractivity contribution is -0.128. The number of ether oxygens (including phenoxy) is 2. The molecule has 1 aliphatic heterocycles. The molecular weight excluding hydrogens is 359 g/mol. The van der Waals surface area contributed by atoms with Crippen LogP contribution in [0.15, 0.2) is 12.1 Å². The first-order valence-electron chi connectivity index (χ1n) is 9.17. The van der Waals surface area contributed by atoms with Crippen molar-refractivity contribution in [2.45, 2.75) is 51.3 Å². The molecule has 0 saturated heterocycles. The molecule has 26 heavy (non-hydrogen) atoms. The third-order valence-corrected chi connectivity index (χ3v) is 5.99. The minimum absolute atomic E-state index is 0. The summed E-state index contributed by atoms with van der Waals surface area (Å²) in [7, 11) is 0. The number of benzene rings is 1. The molecule has 2 atom stereocenters. The quantitative estimate of drug-likeness (QED) is 0.840. The fourth-order valence-electron chi connectivity index (χ4n) is 4.72. The van der Waals surface area contributed by atoms with Gasteiger partial charge >= 0.3 is 0 Å². The summed E-state index contributed by atoms with van der Waals surface area (Å²) in [6.07, 6.45) is 5.23. The minimum atomic E-state index is -0.338. The highest BCUT2D eigenvalue weighted by atomic mass is 35.5. The van der Waals surface area contributed by atoms with Crippen molar-refractivity contribution < 1.29 is 18.7 Å². The van der Waals surface area contributed by atoms with Gasteiger partial charge in [0, 0.05) is 29.6 Å². The molecule has 1 aromatic carbocycles. The van der Waals surface area contributed by atoms with Gasteiger partial charge < -0.3 is 20.5 Å². The van der Waals surface area contributed by atoms with Crippen LogP contribution in [0.1, 0.15) is 43.2 Å². The van der Waals surface area contributed by atoms with E-state index in [-0.39, 0.29) is 49.4 Å². The Kier molecular flexibility index (Phi) is 6.05. The van der Waals surface area contributed by atoms with Gasteiger partial charge in [-0.1, -0.05) is 6.42 Å². The Balaban J connectivity index is 0.00000196. The molecule has 2 aliphatic carbocycles. The Bertz CT molecular complexity index is 658. The molecule has 1 aromatic rings. The summed E-state index contributed by atoms with van der Waals surface area (Å²) in [5, 5.41) is 2.98. The van der Waals surface area contributed by atoms with Gasteiger partial charge in [0.15, 0.2) is 6.79 Å². The highest BCUT2D eigenvalue weighted by Gasteiger charge is 2.40. The van der Waals surface area contributed by atoms with Crippen molar-refractivity contribution in [3.8, 4) is 5.75 Å². The van der Waals surface area contributed by atoms with Crippen molar-refractivity contribution >= 4 is 18.3 Å². The van der Waals surface area contributed by atoms with Crippen molar-refractivity contribution in [3.63, 3.8) is 0 Å². The topological polar surface area (TPSA) is 73.6 Å². The molecule has 7 heteroatoms. The average molecular weight is 385 g/mol. The van der Waals surface area contributed by atoms with E-state index in [0.29, 0.717) is 35.3 Å². The molecule has 2 fully saturated rings. The molecule has 0 aromatic heterocycles. The van der Waals surface area contributed by atoms with Gasteiger partial charge in [-0.3, -0.25) is 4.79 Å². The molecule has 0 spiro atoms. The number of rotatable bonds is 3. The van der Waals surface area contributed by atoms with Crippen molar-refractivity contribution in [2.24, 2.45) is 23.5 Å². The molecule has 3 N–H and O–H groups in total. The molecule has 2 unspecified atom stereocenters. The van der Waals surface area contributed by atoms with E-state index in [1.807, 2.05) is 0 Å². The van der Waals surface area contributed by atoms with Gasteiger partial charge in [-0.2, -0.15) is 0 Å². The number of carbonyl (C=O) groups is 1. The average Bonchev–Trinajstić information content (AvgIpc) is 2.59. The third-order valence-electron chi connectivity index (χ3n) is 5.99. The number of halogens is 2. The van der Waals surface area contributed by atoms with E-state index >= 15 is 0 Å². The van der Waals surface area contributed by atoms with Gasteiger partial charge in [0.25, 0.3) is 0 Å². The zero-order valence-electron chi connectivity index (χ0n) is 14.7. The molecule has 1 heterocycles. The molecule has 4 rings (SSSR count). The van der Waals surface area contributed by atoms with Crippen LogP contribution in [0.25, 0.3) is 0 Å². The summed E-state index contributed by atoms with van der Waals surface area (Å²) in [5.41, 5.74) is 7.66. The van der Waals surface area contributed by atoms with Crippen LogP contribution in [-0.4, -0.2) is 18.7 Å². The summed E-state index contributed by atoms with van der Waals surface area (Å²) in [4.78, 5) is 12.7. The van der Waals surface area contributed by atoms with Gasteiger partial charge in [-0.25, -0.2) is 4.39 Å². The zero-order chi connectivity index (χ0) is 17.4. The Labute approximate surface area is 159 Å². The lowest BCUT2D eigenvalue weighted by Gasteiger charge is -2.43. The summed E-state index contributed by atoms with van der Waals surface area (Å²) < 4.78 is 24.5. The van der Waals surface area contributed by atoms with Crippen LogP contribution in [-0.2, 0) is 22.7 Å². The number of amides is 1. The Morgan fingerprint density at radius 1 is 1.27 bits per heavy atom. The molecule has 5 nitrogen and oxygen atoms in total. The van der Waals surface area contributed by atoms with Crippen LogP contribution in [0.4, 0.5) is 4.39 Å². The SMILES string of the molecule is Cl.NC1C2CCCC1CC(C(=O)NCc1cc(F)cc3c1OCOC3)C2. The van der Waals surface area contributed by atoms with Crippen LogP contribution >= 0.6 is 12.4 Å². The standard InChI is InChI=1S/C19H25FN2O3.ClH/c20-16-6-14(18-15(7-16)9-24-10-25-18)8-22-19(23)13-4-11-2-1-3-12(5-13)17(11)21;/h6-7,11-13,17H,1-5,8-10,21H2,(H,22,23);1H. The van der Waals surface area contributed by atoms with E-state index < -0.39 is 0 Å². The number of hydrogen-bond acceptors (Lipinski definition) is 4. The first-order valence-corrected chi connectivity index (χ1v) is 9.17. The lowest BCUT2D eigenvalue weighted by atomic mass is 9.65. The highest BCUT2D eigenvalue weighted by Crippen LogP contribution is 2.42. The lowest BCUT2D eigenvalue weighted by Crippen LogP contribution is -2.49. The first kappa shape index (κ1) is 19.4. The smallest absolute Gasteiger partial charge is 0.223 e. The Morgan fingerprint density at radius 3 is 2.73 bits per heavy atom. The van der Waals surface area contributed by atoms with E-state index in [4.69, 9.17) is 15.2 Å². The first-order chi connectivity index (χ1) is 12.1. The predicted molar refractivity (Wildman–Crippen MR) is 97.3 cm³/mol. The van der Waals surface area contributed by atoms with E-state index in [0.717, 1.165) is 25.7 Å². The van der Waals surface area contributed by atoms with Crippen LogP contribution in [0, 0.1) is 23.6 Å². The van der Waals surface area contributed by atoms with E-state index in [1.165, 1.54) is 18.6 Å². The molecule has 2 bridgehead atoms. The van der Waals surface area contributed by atoms with Crippen LogP contribution < -0.4 is 15.8 Å². The molecule has 0 radical (unpaired) electrons. The van der Waals surface area contributed by atoms with Crippen molar-refractivity contribution in [1.29, 1.82) is 0 Å². The normalized spacial score (nSPS) is 29.8. The maximum absolute atomic E-state index is 13.8. The maximum Gasteiger partial charge on any atom is 0.223 e. The number of hydrogen-bond donors (Lipinski definition) is 2. The zero-order valence-corrected chi connectivity index (χ0v) is 15.5. The second-order valence-electron chi connectivity index (χ2n) is 7.58. The van der Waals surface area contributed by atoms with Crippen molar-refractivity contribution in [3.05, 3.63) is 29.1 Å². The number of fused-ring (bicyclic) bond motifs is 3. The summed E-state index contributed by atoms with van der Waals surface area (Å²) >= 11 is 0. The molecule has 1 amide bonds. The third kappa shape index (κ3) is 3.82. The predicted octanol–water partition coefficient (Wildman–Crippen LogP) is 2.88. The van der Waals surface area contributed by atoms with Gasteiger partial charge in [0.05, 0.1) is 6.61 Å². The Hall–Kier alpha value is -1.37. The highest BCUT2D eigenvalue weighted by molar-refractivity contribution is 5.85. The summed E-state index contributed by atoms with van der Waals surface area (Å²) in [6.45, 7) is 0.762. The van der Waals surface area contributed by atoms with Crippen LogP contribution in [0.3, 0.4) is 0 Å². The van der Waals surface area contributed by atoms with Crippen LogP contribution in [0.5, 0.6) is 5.75 Å². The van der Waals surface area contributed by atoms with Crippen LogP contribution in [0.2, 0.25) is 0 Å². The van der Waals surface area contributed by atoms with E-state index in [2.05, 4.69) is 5.32 Å². The van der Waals surface area contributed by atoms with E-state index in [9.17, 15) is 9.18 Å². The van der Waals surface area contributed by atoms with Crippen molar-refractivity contribution in [1.82, 2.24) is 5.32 Å². The Morgan fingerprint density at radius 2 is 2.00 bits per heavy atom. The summed E-state index contributed by atoms with van der Waals surface area (Å²) in [6, 6.07) is 3.10. The van der Waals surface area contributed by atoms with Crippen molar-refractivity contribution in [2.75, 3.05) is 6.79 Å². The molecule has 2 saturated carbocycles. The summed E-state index contributed by atoms with van der Waals surface area (Å²) in [5.74, 6) is 1.29. The number of nitrogens with two attached hydrogens (primary N) is 1. The molecule has 144 valence electrons. The van der Waals surface area contributed by atoms with E-state index in [1.54, 1.807) is 0 Å². The number of nitrogens with one attached hydrogen (secondary N) is 1. The van der Waals surface area contributed by atoms with Gasteiger partial charge in [0.2, 0.25) is 5.91 Å². The fraction of sp³-hybridized carbons (Fsp3) is 0.632. The number of carbonyl (C=O) groups excluding carboxylic acids is 1. The fourth-order valence-corrected chi connectivity index (χ4v) is 4.72. The van der Waals surface area contributed by atoms with Gasteiger partial charge in [0.1, 0.15) is 11.6 Å². The maximum atomic E-state index is 13.8. The van der Waals surface area contributed by atoms with Gasteiger partial charge in [-0.15, -0.1) is 12.4 Å². The largest absolute Gasteiger partial charge is 0.467 e. The molecular formula is C19H26ClFN2O3.